The second kappa shape index (κ2) is 6.32. The summed E-state index contributed by atoms with van der Waals surface area (Å²) in [6.45, 7) is 8.48. The van der Waals surface area contributed by atoms with Crippen LogP contribution in [0.5, 0.6) is 0 Å². The molecule has 0 atom stereocenters. The largest absolute Gasteiger partial charge is 0.378 e. The number of aromatic nitrogens is 2. The highest BCUT2D eigenvalue weighted by Gasteiger charge is 2.12. The molecule has 0 bridgehead atoms. The van der Waals surface area contributed by atoms with Crippen LogP contribution in [-0.2, 0) is 11.3 Å². The Morgan fingerprint density at radius 1 is 1.35 bits per heavy atom. The first-order valence-electron chi connectivity index (χ1n) is 5.85. The van der Waals surface area contributed by atoms with Crippen molar-refractivity contribution in [2.45, 2.75) is 6.54 Å². The molecular weight excluding hydrogens is 216 g/mol. The molecule has 0 aromatic carbocycles. The molecule has 1 N–H and O–H groups in total. The van der Waals surface area contributed by atoms with Gasteiger partial charge in [0.15, 0.2) is 0 Å². The Morgan fingerprint density at radius 2 is 2.06 bits per heavy atom. The average molecular weight is 234 g/mol. The van der Waals surface area contributed by atoms with Crippen molar-refractivity contribution >= 4 is 5.95 Å². The first kappa shape index (κ1) is 12.0. The zero-order valence-electron chi connectivity index (χ0n) is 9.93. The molecule has 0 spiro atoms. The molecule has 5 heteroatoms. The van der Waals surface area contributed by atoms with E-state index in [1.165, 1.54) is 0 Å². The van der Waals surface area contributed by atoms with Gasteiger partial charge in [-0.3, -0.25) is 0 Å². The maximum atomic E-state index is 5.29. The molecule has 2 rings (SSSR count). The Labute approximate surface area is 102 Å². The first-order valence-corrected chi connectivity index (χ1v) is 5.85. The monoisotopic (exact) mass is 234 g/mol. The Hall–Kier alpha value is -1.46. The number of hydrogen-bond acceptors (Lipinski definition) is 5. The van der Waals surface area contributed by atoms with Crippen LogP contribution in [0.3, 0.4) is 0 Å². The summed E-state index contributed by atoms with van der Waals surface area (Å²) in [6, 6.07) is 0. The lowest BCUT2D eigenvalue weighted by atomic mass is 10.3. The van der Waals surface area contributed by atoms with Crippen molar-refractivity contribution in [1.82, 2.24) is 15.3 Å². The lowest BCUT2D eigenvalue weighted by Gasteiger charge is -2.26. The molecule has 0 radical (unpaired) electrons. The Bertz CT molecular complexity index is 346. The fourth-order valence-electron chi connectivity index (χ4n) is 1.68. The Balaban J connectivity index is 1.90. The number of nitrogens with zero attached hydrogens (tertiary/aromatic N) is 3. The van der Waals surface area contributed by atoms with Gasteiger partial charge in [-0.15, -0.1) is 6.58 Å². The summed E-state index contributed by atoms with van der Waals surface area (Å²) in [7, 11) is 0. The fraction of sp³-hybridized carbons (Fsp3) is 0.500. The van der Waals surface area contributed by atoms with Crippen LogP contribution in [0.2, 0.25) is 0 Å². The van der Waals surface area contributed by atoms with E-state index in [0.29, 0.717) is 0 Å². The third-order valence-corrected chi connectivity index (χ3v) is 2.60. The highest BCUT2D eigenvalue weighted by atomic mass is 16.5. The van der Waals surface area contributed by atoms with E-state index in [1.54, 1.807) is 0 Å². The van der Waals surface area contributed by atoms with E-state index in [4.69, 9.17) is 4.74 Å². The molecule has 0 saturated carbocycles. The lowest BCUT2D eigenvalue weighted by molar-refractivity contribution is 0.122. The quantitative estimate of drug-likeness (QED) is 0.597. The minimum Gasteiger partial charge on any atom is -0.378 e. The van der Waals surface area contributed by atoms with E-state index < -0.39 is 0 Å². The summed E-state index contributed by atoms with van der Waals surface area (Å²) < 4.78 is 5.29. The zero-order valence-corrected chi connectivity index (χ0v) is 9.93. The van der Waals surface area contributed by atoms with Crippen LogP contribution >= 0.6 is 0 Å². The molecular formula is C12H18N4O. The van der Waals surface area contributed by atoms with E-state index in [0.717, 1.165) is 50.9 Å². The fourth-order valence-corrected chi connectivity index (χ4v) is 1.68. The van der Waals surface area contributed by atoms with Crippen molar-refractivity contribution in [2.24, 2.45) is 0 Å². The van der Waals surface area contributed by atoms with Crippen molar-refractivity contribution in [1.29, 1.82) is 0 Å². The van der Waals surface area contributed by atoms with Crippen molar-refractivity contribution in [3.05, 3.63) is 30.6 Å². The molecule has 1 aliphatic rings. The number of ether oxygens (including phenoxy) is 1. The van der Waals surface area contributed by atoms with E-state index in [1.807, 2.05) is 18.5 Å². The van der Waals surface area contributed by atoms with Gasteiger partial charge >= 0.3 is 0 Å². The molecule has 0 amide bonds. The molecule has 1 aliphatic heterocycles. The predicted molar refractivity (Wildman–Crippen MR) is 67.0 cm³/mol. The molecule has 92 valence electrons. The Kier molecular flexibility index (Phi) is 4.46. The van der Waals surface area contributed by atoms with Crippen LogP contribution in [0.25, 0.3) is 0 Å². The number of hydrogen-bond donors (Lipinski definition) is 1. The maximum absolute atomic E-state index is 5.29. The van der Waals surface area contributed by atoms with Crippen LogP contribution in [0.15, 0.2) is 25.0 Å². The van der Waals surface area contributed by atoms with Gasteiger partial charge in [-0.2, -0.15) is 0 Å². The van der Waals surface area contributed by atoms with Crippen LogP contribution in [0.4, 0.5) is 5.95 Å². The molecule has 2 heterocycles. The van der Waals surface area contributed by atoms with Gasteiger partial charge in [0.1, 0.15) is 0 Å². The van der Waals surface area contributed by atoms with Crippen LogP contribution in [0, 0.1) is 0 Å². The van der Waals surface area contributed by atoms with Gasteiger partial charge in [0.05, 0.1) is 13.2 Å². The standard InChI is InChI=1S/C12H18N4O/c1-2-3-13-8-11-9-14-12(15-10-11)16-4-6-17-7-5-16/h2,9-10,13H,1,3-8H2. The second-order valence-electron chi connectivity index (χ2n) is 3.91. The zero-order chi connectivity index (χ0) is 11.9. The van der Waals surface area contributed by atoms with Crippen molar-refractivity contribution < 1.29 is 4.74 Å². The van der Waals surface area contributed by atoms with Gasteiger partial charge in [-0.05, 0) is 0 Å². The normalized spacial score (nSPS) is 15.9. The van der Waals surface area contributed by atoms with Gasteiger partial charge in [-0.1, -0.05) is 6.08 Å². The third-order valence-electron chi connectivity index (χ3n) is 2.60. The predicted octanol–water partition coefficient (Wildman–Crippen LogP) is 0.589. The summed E-state index contributed by atoms with van der Waals surface area (Å²) in [5.41, 5.74) is 1.09. The van der Waals surface area contributed by atoms with Crippen LogP contribution < -0.4 is 10.2 Å². The van der Waals surface area contributed by atoms with Crippen LogP contribution in [0.1, 0.15) is 5.56 Å². The van der Waals surface area contributed by atoms with Gasteiger partial charge < -0.3 is 15.0 Å². The highest BCUT2D eigenvalue weighted by Crippen LogP contribution is 2.09. The summed E-state index contributed by atoms with van der Waals surface area (Å²) >= 11 is 0. The second-order valence-corrected chi connectivity index (χ2v) is 3.91. The van der Waals surface area contributed by atoms with Crippen molar-refractivity contribution in [3.63, 3.8) is 0 Å². The van der Waals surface area contributed by atoms with E-state index >= 15 is 0 Å². The van der Waals surface area contributed by atoms with Gasteiger partial charge in [0, 0.05) is 44.1 Å². The Morgan fingerprint density at radius 3 is 2.71 bits per heavy atom. The summed E-state index contributed by atoms with van der Waals surface area (Å²) in [5.74, 6) is 0.792. The number of rotatable bonds is 5. The third kappa shape index (κ3) is 3.51. The highest BCUT2D eigenvalue weighted by molar-refractivity contribution is 5.30. The lowest BCUT2D eigenvalue weighted by Crippen LogP contribution is -2.37. The summed E-state index contributed by atoms with van der Waals surface area (Å²) in [5, 5.41) is 3.22. The van der Waals surface area contributed by atoms with Gasteiger partial charge in [0.2, 0.25) is 5.95 Å². The van der Waals surface area contributed by atoms with Crippen molar-refractivity contribution in [2.75, 3.05) is 37.7 Å². The minimum atomic E-state index is 0.756. The topological polar surface area (TPSA) is 50.3 Å². The smallest absolute Gasteiger partial charge is 0.225 e. The first-order chi connectivity index (χ1) is 8.40. The maximum Gasteiger partial charge on any atom is 0.225 e. The average Bonchev–Trinajstić information content (AvgIpc) is 2.41. The SMILES string of the molecule is C=CCNCc1cnc(N2CCOCC2)nc1. The van der Waals surface area contributed by atoms with E-state index in [9.17, 15) is 0 Å². The van der Waals surface area contributed by atoms with E-state index in [-0.39, 0.29) is 0 Å². The number of nitrogens with one attached hydrogen (secondary N) is 1. The molecule has 0 unspecified atom stereocenters. The molecule has 1 saturated heterocycles. The van der Waals surface area contributed by atoms with Crippen molar-refractivity contribution in [3.8, 4) is 0 Å². The molecule has 17 heavy (non-hydrogen) atoms. The molecule has 1 aromatic heterocycles. The molecule has 1 fully saturated rings. The number of morpholine rings is 1. The van der Waals surface area contributed by atoms with E-state index in [2.05, 4.69) is 26.8 Å². The molecule has 0 aliphatic carbocycles. The van der Waals surface area contributed by atoms with Crippen LogP contribution in [-0.4, -0.2) is 42.8 Å². The van der Waals surface area contributed by atoms with Gasteiger partial charge in [-0.25, -0.2) is 9.97 Å². The molecule has 1 aromatic rings. The summed E-state index contributed by atoms with van der Waals surface area (Å²) in [6.07, 6.45) is 5.57. The molecule has 5 nitrogen and oxygen atoms in total. The summed E-state index contributed by atoms with van der Waals surface area (Å²) in [4.78, 5) is 10.9. The number of anilines is 1. The minimum absolute atomic E-state index is 0.756. The van der Waals surface area contributed by atoms with Gasteiger partial charge in [0.25, 0.3) is 0 Å².